The summed E-state index contributed by atoms with van der Waals surface area (Å²) in [5, 5.41) is 5.24. The first-order chi connectivity index (χ1) is 10.5. The first-order valence-corrected chi connectivity index (χ1v) is 7.20. The van der Waals surface area contributed by atoms with Gasteiger partial charge in [0.15, 0.2) is 0 Å². The van der Waals surface area contributed by atoms with Crippen molar-refractivity contribution in [3.63, 3.8) is 0 Å². The maximum Gasteiger partial charge on any atom is 0.254 e. The lowest BCUT2D eigenvalue weighted by atomic mass is 9.90. The summed E-state index contributed by atoms with van der Waals surface area (Å²) in [7, 11) is 0. The number of halogens is 1. The van der Waals surface area contributed by atoms with E-state index in [4.69, 9.17) is 10.5 Å². The van der Waals surface area contributed by atoms with Crippen LogP contribution in [-0.2, 0) is 9.53 Å². The van der Waals surface area contributed by atoms with Crippen molar-refractivity contribution in [2.45, 2.75) is 18.4 Å². The number of benzene rings is 1. The molecule has 120 valence electrons. The number of nitrogens with one attached hydrogen (secondary N) is 2. The Morgan fingerprint density at radius 1 is 1.18 bits per heavy atom. The molecule has 7 heteroatoms. The number of hydrogen-bond acceptors (Lipinski definition) is 4. The van der Waals surface area contributed by atoms with Crippen molar-refractivity contribution in [3.05, 3.63) is 35.6 Å². The summed E-state index contributed by atoms with van der Waals surface area (Å²) >= 11 is 0. The Bertz CT molecular complexity index is 545. The molecular weight excluding hydrogens is 289 g/mol. The molecule has 0 radical (unpaired) electrons. The van der Waals surface area contributed by atoms with Crippen molar-refractivity contribution in [1.29, 1.82) is 0 Å². The second kappa shape index (κ2) is 7.33. The summed E-state index contributed by atoms with van der Waals surface area (Å²) in [6, 6.07) is 5.73. The standard InChI is InChI=1S/C15H20FN3O3/c16-12-4-2-1-3-11(12)13(20)18-7-8-19-14(21)15(17)5-9-22-10-6-15/h1-4H,5-10,17H2,(H,18,20)(H,19,21). The van der Waals surface area contributed by atoms with E-state index in [9.17, 15) is 14.0 Å². The highest BCUT2D eigenvalue weighted by atomic mass is 19.1. The highest BCUT2D eigenvalue weighted by molar-refractivity contribution is 5.94. The topological polar surface area (TPSA) is 93.5 Å². The van der Waals surface area contributed by atoms with Crippen LogP contribution in [0.4, 0.5) is 4.39 Å². The molecule has 1 heterocycles. The predicted molar refractivity (Wildman–Crippen MR) is 78.7 cm³/mol. The number of hydrogen-bond donors (Lipinski definition) is 3. The van der Waals surface area contributed by atoms with Gasteiger partial charge in [-0.15, -0.1) is 0 Å². The molecule has 1 aromatic rings. The number of rotatable bonds is 5. The average molecular weight is 309 g/mol. The van der Waals surface area contributed by atoms with E-state index in [1.807, 2.05) is 0 Å². The molecule has 4 N–H and O–H groups in total. The van der Waals surface area contributed by atoms with Gasteiger partial charge in [0.05, 0.1) is 11.1 Å². The first kappa shape index (κ1) is 16.4. The van der Waals surface area contributed by atoms with Gasteiger partial charge in [0.2, 0.25) is 5.91 Å². The molecule has 6 nitrogen and oxygen atoms in total. The van der Waals surface area contributed by atoms with Gasteiger partial charge in [0.1, 0.15) is 5.82 Å². The Labute approximate surface area is 128 Å². The van der Waals surface area contributed by atoms with E-state index >= 15 is 0 Å². The Morgan fingerprint density at radius 2 is 1.82 bits per heavy atom. The second-order valence-electron chi connectivity index (χ2n) is 5.26. The Kier molecular flexibility index (Phi) is 5.46. The lowest BCUT2D eigenvalue weighted by Gasteiger charge is -2.31. The van der Waals surface area contributed by atoms with Crippen molar-refractivity contribution in [2.75, 3.05) is 26.3 Å². The van der Waals surface area contributed by atoms with Gasteiger partial charge in [-0.2, -0.15) is 0 Å². The summed E-state index contributed by atoms with van der Waals surface area (Å²) in [5.74, 6) is -1.34. The van der Waals surface area contributed by atoms with Crippen LogP contribution in [0.1, 0.15) is 23.2 Å². The monoisotopic (exact) mass is 309 g/mol. The van der Waals surface area contributed by atoms with Gasteiger partial charge >= 0.3 is 0 Å². The zero-order valence-electron chi connectivity index (χ0n) is 12.2. The maximum absolute atomic E-state index is 13.4. The van der Waals surface area contributed by atoms with Crippen LogP contribution in [0.2, 0.25) is 0 Å². The molecule has 0 aromatic heterocycles. The quantitative estimate of drug-likeness (QED) is 0.676. The second-order valence-corrected chi connectivity index (χ2v) is 5.26. The molecule has 0 saturated carbocycles. The van der Waals surface area contributed by atoms with Crippen molar-refractivity contribution in [1.82, 2.24) is 10.6 Å². The smallest absolute Gasteiger partial charge is 0.254 e. The van der Waals surface area contributed by atoms with Crippen LogP contribution in [0.25, 0.3) is 0 Å². The number of carbonyl (C=O) groups excluding carboxylic acids is 2. The number of carbonyl (C=O) groups is 2. The lowest BCUT2D eigenvalue weighted by Crippen LogP contribution is -2.57. The van der Waals surface area contributed by atoms with Crippen molar-refractivity contribution in [3.8, 4) is 0 Å². The van der Waals surface area contributed by atoms with E-state index in [1.165, 1.54) is 18.2 Å². The molecule has 1 aliphatic heterocycles. The van der Waals surface area contributed by atoms with Crippen LogP contribution in [0.3, 0.4) is 0 Å². The zero-order chi connectivity index (χ0) is 16.0. The molecule has 1 aromatic carbocycles. The molecule has 0 unspecified atom stereocenters. The molecule has 2 amide bonds. The van der Waals surface area contributed by atoms with Crippen LogP contribution in [0.15, 0.2) is 24.3 Å². The minimum atomic E-state index is -0.909. The average Bonchev–Trinajstić information content (AvgIpc) is 2.52. The molecular formula is C15H20FN3O3. The van der Waals surface area contributed by atoms with Crippen molar-refractivity contribution < 1.29 is 18.7 Å². The Balaban J connectivity index is 1.74. The molecule has 0 atom stereocenters. The van der Waals surface area contributed by atoms with Crippen LogP contribution in [-0.4, -0.2) is 43.7 Å². The third-order valence-corrected chi connectivity index (χ3v) is 3.65. The van der Waals surface area contributed by atoms with Crippen LogP contribution in [0, 0.1) is 5.82 Å². The van der Waals surface area contributed by atoms with Gasteiger partial charge < -0.3 is 21.1 Å². The van der Waals surface area contributed by atoms with Crippen molar-refractivity contribution >= 4 is 11.8 Å². The summed E-state index contributed by atoms with van der Waals surface area (Å²) in [6.07, 6.45) is 0.945. The SMILES string of the molecule is NC1(C(=O)NCCNC(=O)c2ccccc2F)CCOCC1. The number of nitrogens with two attached hydrogens (primary N) is 1. The molecule has 1 saturated heterocycles. The summed E-state index contributed by atoms with van der Waals surface area (Å²) in [4.78, 5) is 23.8. The maximum atomic E-state index is 13.4. The van der Waals surface area contributed by atoms with Gasteiger partial charge in [0.25, 0.3) is 5.91 Å². The molecule has 0 aliphatic carbocycles. The van der Waals surface area contributed by atoms with Gasteiger partial charge in [-0.1, -0.05) is 12.1 Å². The molecule has 0 bridgehead atoms. The van der Waals surface area contributed by atoms with E-state index in [1.54, 1.807) is 6.07 Å². The molecule has 1 aliphatic rings. The molecule has 2 rings (SSSR count). The Hall–Kier alpha value is -1.99. The zero-order valence-corrected chi connectivity index (χ0v) is 12.2. The van der Waals surface area contributed by atoms with Gasteiger partial charge in [-0.25, -0.2) is 4.39 Å². The minimum Gasteiger partial charge on any atom is -0.381 e. The van der Waals surface area contributed by atoms with Crippen LogP contribution >= 0.6 is 0 Å². The van der Waals surface area contributed by atoms with E-state index in [2.05, 4.69) is 10.6 Å². The highest BCUT2D eigenvalue weighted by Crippen LogP contribution is 2.17. The van der Waals surface area contributed by atoms with E-state index in [0.717, 1.165) is 0 Å². The minimum absolute atomic E-state index is 0.0199. The molecule has 0 spiro atoms. The third kappa shape index (κ3) is 4.02. The Morgan fingerprint density at radius 3 is 2.50 bits per heavy atom. The van der Waals surface area contributed by atoms with Gasteiger partial charge in [0, 0.05) is 26.3 Å². The van der Waals surface area contributed by atoms with Gasteiger partial charge in [-0.3, -0.25) is 9.59 Å². The fraction of sp³-hybridized carbons (Fsp3) is 0.467. The van der Waals surface area contributed by atoms with Crippen molar-refractivity contribution in [2.24, 2.45) is 5.73 Å². The normalized spacial score (nSPS) is 16.8. The lowest BCUT2D eigenvalue weighted by molar-refractivity contribution is -0.129. The van der Waals surface area contributed by atoms with Crippen LogP contribution < -0.4 is 16.4 Å². The fourth-order valence-electron chi connectivity index (χ4n) is 2.23. The number of ether oxygens (including phenoxy) is 1. The fourth-order valence-corrected chi connectivity index (χ4v) is 2.23. The molecule has 1 fully saturated rings. The molecule has 22 heavy (non-hydrogen) atoms. The largest absolute Gasteiger partial charge is 0.381 e. The van der Waals surface area contributed by atoms with Gasteiger partial charge in [-0.05, 0) is 25.0 Å². The summed E-state index contributed by atoms with van der Waals surface area (Å²) in [6.45, 7) is 1.37. The van der Waals surface area contributed by atoms with E-state index in [-0.39, 0.29) is 24.6 Å². The summed E-state index contributed by atoms with van der Waals surface area (Å²) < 4.78 is 18.6. The highest BCUT2D eigenvalue weighted by Gasteiger charge is 2.35. The first-order valence-electron chi connectivity index (χ1n) is 7.20. The predicted octanol–water partition coefficient (Wildman–Crippen LogP) is 0.180. The number of amides is 2. The third-order valence-electron chi connectivity index (χ3n) is 3.65. The summed E-state index contributed by atoms with van der Waals surface area (Å²) in [5.41, 5.74) is 5.10. The van der Waals surface area contributed by atoms with E-state index in [0.29, 0.717) is 26.1 Å². The van der Waals surface area contributed by atoms with E-state index < -0.39 is 17.3 Å². The van der Waals surface area contributed by atoms with Crippen LogP contribution in [0.5, 0.6) is 0 Å².